The summed E-state index contributed by atoms with van der Waals surface area (Å²) in [5, 5.41) is 19.7. The van der Waals surface area contributed by atoms with Crippen molar-refractivity contribution in [2.24, 2.45) is 0 Å². The monoisotopic (exact) mass is 444 g/mol. The molecule has 2 N–H and O–H groups in total. The molecule has 31 heavy (non-hydrogen) atoms. The highest BCUT2D eigenvalue weighted by molar-refractivity contribution is 7.89. The van der Waals surface area contributed by atoms with Crippen LogP contribution in [0.5, 0.6) is 0 Å². The predicted octanol–water partition coefficient (Wildman–Crippen LogP) is 3.19. The van der Waals surface area contributed by atoms with E-state index in [-0.39, 0.29) is 34.8 Å². The van der Waals surface area contributed by atoms with Crippen LogP contribution in [-0.4, -0.2) is 53.1 Å². The lowest BCUT2D eigenvalue weighted by molar-refractivity contribution is 0.0697. The number of carboxylic acid groups (broad SMARTS) is 1. The molecule has 9 heteroatoms. The van der Waals surface area contributed by atoms with Gasteiger partial charge in [-0.15, -0.1) is 0 Å². The van der Waals surface area contributed by atoms with Crippen LogP contribution in [0.1, 0.15) is 28.8 Å². The highest BCUT2D eigenvalue weighted by Crippen LogP contribution is 2.29. The van der Waals surface area contributed by atoms with Gasteiger partial charge in [-0.25, -0.2) is 22.6 Å². The Bertz CT molecular complexity index is 1290. The predicted molar refractivity (Wildman–Crippen MR) is 113 cm³/mol. The summed E-state index contributed by atoms with van der Waals surface area (Å²) in [5.74, 6) is -1.84. The van der Waals surface area contributed by atoms with Gasteiger partial charge in [-0.1, -0.05) is 6.07 Å². The van der Waals surface area contributed by atoms with E-state index in [9.17, 15) is 27.8 Å². The Hall–Kier alpha value is -2.88. The van der Waals surface area contributed by atoms with Gasteiger partial charge in [0.15, 0.2) is 0 Å². The lowest BCUT2D eigenvalue weighted by atomic mass is 10.0. The van der Waals surface area contributed by atoms with Crippen LogP contribution in [0.15, 0.2) is 47.4 Å². The number of halogens is 1. The maximum absolute atomic E-state index is 15.0. The minimum atomic E-state index is -3.93. The quantitative estimate of drug-likeness (QED) is 0.640. The molecule has 2 aromatic carbocycles. The molecule has 4 rings (SSSR count). The Kier molecular flexibility index (Phi) is 5.50. The zero-order chi connectivity index (χ0) is 22.3. The number of benzene rings is 2. The van der Waals surface area contributed by atoms with Gasteiger partial charge in [0, 0.05) is 24.0 Å². The molecule has 0 unspecified atom stereocenters. The second-order valence-electron chi connectivity index (χ2n) is 7.66. The van der Waals surface area contributed by atoms with Crippen molar-refractivity contribution in [2.45, 2.75) is 30.8 Å². The van der Waals surface area contributed by atoms with Crippen LogP contribution in [0.4, 0.5) is 4.39 Å². The number of sulfonamides is 1. The molecule has 1 aliphatic heterocycles. The van der Waals surface area contributed by atoms with Crippen LogP contribution in [0.2, 0.25) is 0 Å². The lowest BCUT2D eigenvalue weighted by Gasteiger charge is -2.29. The Balaban J connectivity index is 1.74. The molecule has 0 radical (unpaired) electrons. The van der Waals surface area contributed by atoms with E-state index in [2.05, 4.69) is 4.98 Å². The number of hydrogen-bond acceptors (Lipinski definition) is 5. The highest BCUT2D eigenvalue weighted by Gasteiger charge is 2.30. The maximum Gasteiger partial charge on any atom is 0.335 e. The van der Waals surface area contributed by atoms with Crippen molar-refractivity contribution in [1.82, 2.24) is 9.29 Å². The number of fused-ring (bicyclic) bond motifs is 1. The Labute approximate surface area is 178 Å². The van der Waals surface area contributed by atoms with Crippen molar-refractivity contribution < 1.29 is 27.8 Å². The lowest BCUT2D eigenvalue weighted by Crippen LogP contribution is -2.42. The van der Waals surface area contributed by atoms with Crippen molar-refractivity contribution in [3.05, 3.63) is 59.4 Å². The van der Waals surface area contributed by atoms with E-state index in [0.717, 1.165) is 17.0 Å². The fourth-order valence-corrected chi connectivity index (χ4v) is 5.35. The van der Waals surface area contributed by atoms with E-state index in [4.69, 9.17) is 0 Å². The Morgan fingerprint density at radius 1 is 1.19 bits per heavy atom. The van der Waals surface area contributed by atoms with Gasteiger partial charge in [-0.3, -0.25) is 0 Å². The standard InChI is InChI=1S/C22H21FN2O5S/c1-13-9-20(24-21-10-14(22(27)28)4-6-17(13)21)18-7-5-16(11-19(18)23)31(29,30)25-8-2-3-15(26)12-25/h4-7,9-11,15,26H,2-3,8,12H2,1H3,(H,27,28)/t15-/m0/s1. The maximum atomic E-state index is 15.0. The number of aromatic carboxylic acids is 1. The van der Waals surface area contributed by atoms with Gasteiger partial charge in [-0.2, -0.15) is 4.31 Å². The minimum absolute atomic E-state index is 0.0109. The third-order valence-electron chi connectivity index (χ3n) is 5.48. The molecule has 1 fully saturated rings. The molecule has 0 spiro atoms. The molecule has 0 bridgehead atoms. The average molecular weight is 444 g/mol. The van der Waals surface area contributed by atoms with E-state index < -0.39 is 27.9 Å². The Morgan fingerprint density at radius 2 is 1.97 bits per heavy atom. The normalized spacial score (nSPS) is 17.7. The summed E-state index contributed by atoms with van der Waals surface area (Å²) in [5.41, 5.74) is 1.66. The number of aliphatic hydroxyl groups is 1. The number of hydrogen-bond donors (Lipinski definition) is 2. The van der Waals surface area contributed by atoms with E-state index in [0.29, 0.717) is 18.4 Å². The largest absolute Gasteiger partial charge is 0.478 e. The third-order valence-corrected chi connectivity index (χ3v) is 7.34. The molecule has 162 valence electrons. The highest BCUT2D eigenvalue weighted by atomic mass is 32.2. The summed E-state index contributed by atoms with van der Waals surface area (Å²) in [4.78, 5) is 15.5. The molecule has 0 amide bonds. The zero-order valence-corrected chi connectivity index (χ0v) is 17.6. The second-order valence-corrected chi connectivity index (χ2v) is 9.60. The van der Waals surface area contributed by atoms with Gasteiger partial charge in [0.05, 0.1) is 27.8 Å². The SMILES string of the molecule is Cc1cc(-c2ccc(S(=O)(=O)N3CCC[C@H](O)C3)cc2F)nc2cc(C(=O)O)ccc12. The minimum Gasteiger partial charge on any atom is -0.478 e. The number of nitrogens with zero attached hydrogens (tertiary/aromatic N) is 2. The zero-order valence-electron chi connectivity index (χ0n) is 16.7. The molecule has 1 aliphatic rings. The number of β-amino-alcohol motifs (C(OH)–C–C–N with tert-alkyl or cyclic N) is 1. The molecule has 0 aliphatic carbocycles. The third kappa shape index (κ3) is 4.04. The van der Waals surface area contributed by atoms with Crippen LogP contribution in [-0.2, 0) is 10.0 Å². The van der Waals surface area contributed by atoms with E-state index in [1.54, 1.807) is 12.1 Å². The topological polar surface area (TPSA) is 108 Å². The Morgan fingerprint density at radius 3 is 2.65 bits per heavy atom. The van der Waals surface area contributed by atoms with Crippen molar-refractivity contribution in [3.63, 3.8) is 0 Å². The first-order valence-corrected chi connectivity index (χ1v) is 11.2. The first kappa shape index (κ1) is 21.4. The number of carbonyl (C=O) groups is 1. The summed E-state index contributed by atoms with van der Waals surface area (Å²) in [6.45, 7) is 2.08. The number of piperidine rings is 1. The number of rotatable bonds is 4. The van der Waals surface area contributed by atoms with Crippen LogP contribution < -0.4 is 0 Å². The number of aliphatic hydroxyl groups excluding tert-OH is 1. The van der Waals surface area contributed by atoms with Crippen molar-refractivity contribution in [1.29, 1.82) is 0 Å². The molecular formula is C22H21FN2O5S. The first-order valence-electron chi connectivity index (χ1n) is 9.79. The van der Waals surface area contributed by atoms with Gasteiger partial charge in [0.25, 0.3) is 0 Å². The van der Waals surface area contributed by atoms with E-state index in [1.165, 1.54) is 28.6 Å². The van der Waals surface area contributed by atoms with Crippen molar-refractivity contribution in [2.75, 3.05) is 13.1 Å². The molecule has 7 nitrogen and oxygen atoms in total. The molecule has 3 aromatic rings. The van der Waals surface area contributed by atoms with Gasteiger partial charge in [0.1, 0.15) is 5.82 Å². The van der Waals surface area contributed by atoms with Gasteiger partial charge in [-0.05, 0) is 61.7 Å². The van der Waals surface area contributed by atoms with Gasteiger partial charge in [0.2, 0.25) is 10.0 Å². The molecule has 1 aromatic heterocycles. The van der Waals surface area contributed by atoms with Crippen molar-refractivity contribution in [3.8, 4) is 11.3 Å². The molecule has 1 saturated heterocycles. The number of pyridine rings is 1. The van der Waals surface area contributed by atoms with Crippen LogP contribution >= 0.6 is 0 Å². The smallest absolute Gasteiger partial charge is 0.335 e. The van der Waals surface area contributed by atoms with Crippen molar-refractivity contribution >= 4 is 26.9 Å². The number of carboxylic acids is 1. The fraction of sp³-hybridized carbons (Fsp3) is 0.273. The van der Waals surface area contributed by atoms with Gasteiger partial charge < -0.3 is 10.2 Å². The van der Waals surface area contributed by atoms with Crippen LogP contribution in [0.3, 0.4) is 0 Å². The summed E-state index contributed by atoms with van der Waals surface area (Å²) < 4.78 is 41.8. The molecule has 0 saturated carbocycles. The van der Waals surface area contributed by atoms with Crippen LogP contribution in [0, 0.1) is 12.7 Å². The average Bonchev–Trinajstić information content (AvgIpc) is 2.73. The summed E-state index contributed by atoms with van der Waals surface area (Å²) in [7, 11) is -3.93. The van der Waals surface area contributed by atoms with Crippen LogP contribution in [0.25, 0.3) is 22.2 Å². The van der Waals surface area contributed by atoms with E-state index in [1.807, 2.05) is 6.92 Å². The fourth-order valence-electron chi connectivity index (χ4n) is 3.83. The summed E-state index contributed by atoms with van der Waals surface area (Å²) in [6.07, 6.45) is 0.350. The number of aryl methyl sites for hydroxylation is 1. The molecule has 2 heterocycles. The van der Waals surface area contributed by atoms with E-state index >= 15 is 0 Å². The first-order chi connectivity index (χ1) is 14.7. The second kappa shape index (κ2) is 7.99. The molecule has 1 atom stereocenters. The molecular weight excluding hydrogens is 423 g/mol. The summed E-state index contributed by atoms with van der Waals surface area (Å²) in [6, 6.07) is 9.88. The van der Waals surface area contributed by atoms with Gasteiger partial charge >= 0.3 is 5.97 Å². The summed E-state index contributed by atoms with van der Waals surface area (Å²) >= 11 is 0. The number of aromatic nitrogens is 1.